The fourth-order valence-electron chi connectivity index (χ4n) is 4.27. The summed E-state index contributed by atoms with van der Waals surface area (Å²) in [5, 5.41) is 8.74. The Morgan fingerprint density at radius 2 is 1.86 bits per heavy atom. The normalized spacial score (nSPS) is 14.6. The van der Waals surface area contributed by atoms with Crippen molar-refractivity contribution in [2.45, 2.75) is 19.6 Å². The molecule has 3 N–H and O–H groups in total. The second-order valence-corrected chi connectivity index (χ2v) is 9.29. The molecule has 2 heterocycles. The van der Waals surface area contributed by atoms with Crippen LogP contribution in [-0.4, -0.2) is 27.8 Å². The minimum Gasteiger partial charge on any atom is -0.493 e. The maximum absolute atomic E-state index is 12.6. The molecule has 10 heteroatoms. The van der Waals surface area contributed by atoms with Crippen LogP contribution in [0.3, 0.4) is 0 Å². The number of carbonyl (C=O) groups excluding carboxylic acids is 1. The van der Waals surface area contributed by atoms with Crippen LogP contribution in [0.2, 0.25) is 10.0 Å². The highest BCUT2D eigenvalue weighted by Crippen LogP contribution is 2.40. The first-order valence-corrected chi connectivity index (χ1v) is 12.2. The standard InChI is InChI=1S/C27H23Cl2N5O3/c1-15-23(25(30)35)24(34-27(31-15)32-26(33-34)19-10-9-18(28)13-20(19)29)17-8-11-21(22(12-17)36-2)37-14-16-6-4-3-5-7-16/h3-13,24H,14H2,1-2H3,(H2,30,35)(H,31,32,33). The largest absolute Gasteiger partial charge is 0.493 e. The van der Waals surface area contributed by atoms with Gasteiger partial charge in [0.1, 0.15) is 12.6 Å². The Morgan fingerprint density at radius 3 is 2.57 bits per heavy atom. The molecule has 0 fully saturated rings. The lowest BCUT2D eigenvalue weighted by molar-refractivity contribution is -0.115. The van der Waals surface area contributed by atoms with E-state index < -0.39 is 11.9 Å². The summed E-state index contributed by atoms with van der Waals surface area (Å²) in [7, 11) is 1.56. The van der Waals surface area contributed by atoms with Crippen LogP contribution in [0.25, 0.3) is 11.4 Å². The zero-order valence-corrected chi connectivity index (χ0v) is 21.5. The van der Waals surface area contributed by atoms with Gasteiger partial charge in [-0.3, -0.25) is 4.79 Å². The van der Waals surface area contributed by atoms with Gasteiger partial charge in [-0.05, 0) is 48.4 Å². The minimum absolute atomic E-state index is 0.353. The third kappa shape index (κ3) is 4.85. The zero-order valence-electron chi connectivity index (χ0n) is 20.0. The predicted molar refractivity (Wildman–Crippen MR) is 143 cm³/mol. The lowest BCUT2D eigenvalue weighted by Crippen LogP contribution is -2.31. The van der Waals surface area contributed by atoms with Crippen molar-refractivity contribution in [1.82, 2.24) is 14.8 Å². The molecule has 1 atom stereocenters. The van der Waals surface area contributed by atoms with Gasteiger partial charge in [-0.25, -0.2) is 4.68 Å². The van der Waals surface area contributed by atoms with Gasteiger partial charge >= 0.3 is 0 Å². The summed E-state index contributed by atoms with van der Waals surface area (Å²) >= 11 is 12.5. The number of halogens is 2. The average molecular weight is 536 g/mol. The number of benzene rings is 3. The van der Waals surface area contributed by atoms with Crippen LogP contribution in [0.1, 0.15) is 24.1 Å². The van der Waals surface area contributed by atoms with Crippen molar-refractivity contribution in [1.29, 1.82) is 0 Å². The summed E-state index contributed by atoms with van der Waals surface area (Å²) in [4.78, 5) is 17.2. The first-order chi connectivity index (χ1) is 17.9. The highest BCUT2D eigenvalue weighted by Gasteiger charge is 2.34. The maximum Gasteiger partial charge on any atom is 0.248 e. The van der Waals surface area contributed by atoms with Crippen molar-refractivity contribution < 1.29 is 14.3 Å². The molecular formula is C27H23Cl2N5O3. The molecule has 5 rings (SSSR count). The Morgan fingerprint density at radius 1 is 1.08 bits per heavy atom. The van der Waals surface area contributed by atoms with Crippen LogP contribution < -0.4 is 20.5 Å². The number of carbonyl (C=O) groups is 1. The van der Waals surface area contributed by atoms with Crippen LogP contribution in [0.5, 0.6) is 11.5 Å². The highest BCUT2D eigenvalue weighted by molar-refractivity contribution is 6.36. The van der Waals surface area contributed by atoms with Crippen molar-refractivity contribution in [2.24, 2.45) is 5.73 Å². The van der Waals surface area contributed by atoms with Crippen LogP contribution in [0.15, 0.2) is 78.0 Å². The Balaban J connectivity index is 1.55. The van der Waals surface area contributed by atoms with Crippen molar-refractivity contribution in [3.05, 3.63) is 99.2 Å². The predicted octanol–water partition coefficient (Wildman–Crippen LogP) is 5.61. The van der Waals surface area contributed by atoms with Gasteiger partial charge in [0, 0.05) is 16.3 Å². The molecule has 0 saturated heterocycles. The number of nitrogens with two attached hydrogens (primary N) is 1. The number of rotatable bonds is 7. The van der Waals surface area contributed by atoms with Gasteiger partial charge in [-0.15, -0.1) is 5.10 Å². The van der Waals surface area contributed by atoms with Crippen LogP contribution >= 0.6 is 23.2 Å². The van der Waals surface area contributed by atoms with E-state index in [1.165, 1.54) is 0 Å². The van der Waals surface area contributed by atoms with Gasteiger partial charge < -0.3 is 20.5 Å². The maximum atomic E-state index is 12.6. The monoisotopic (exact) mass is 535 g/mol. The fraction of sp³-hybridized carbons (Fsp3) is 0.148. The quantitative estimate of drug-likeness (QED) is 0.318. The number of anilines is 1. The van der Waals surface area contributed by atoms with E-state index in [1.54, 1.807) is 43.0 Å². The molecule has 1 aliphatic heterocycles. The summed E-state index contributed by atoms with van der Waals surface area (Å²) in [5.41, 5.74) is 9.11. The summed E-state index contributed by atoms with van der Waals surface area (Å²) in [6.45, 7) is 2.16. The van der Waals surface area contributed by atoms with Gasteiger partial charge in [0.15, 0.2) is 17.3 Å². The number of ether oxygens (including phenoxy) is 2. The number of hydrogen-bond donors (Lipinski definition) is 2. The van der Waals surface area contributed by atoms with E-state index in [9.17, 15) is 4.79 Å². The number of hydrogen-bond acceptors (Lipinski definition) is 6. The Kier molecular flexibility index (Phi) is 6.78. The van der Waals surface area contributed by atoms with Gasteiger partial charge in [-0.1, -0.05) is 59.6 Å². The number of amides is 1. The summed E-state index contributed by atoms with van der Waals surface area (Å²) < 4.78 is 13.3. The molecule has 188 valence electrons. The molecule has 1 aliphatic rings. The lowest BCUT2D eigenvalue weighted by Gasteiger charge is -2.28. The number of primary amides is 1. The summed E-state index contributed by atoms with van der Waals surface area (Å²) in [5.74, 6) is 1.32. The van der Waals surface area contributed by atoms with E-state index in [4.69, 9.17) is 43.5 Å². The molecule has 37 heavy (non-hydrogen) atoms. The molecule has 0 spiro atoms. The molecule has 1 aromatic heterocycles. The SMILES string of the molecule is COc1cc(C2C(C(N)=O)=C(C)Nc3nc(-c4ccc(Cl)cc4Cl)nn32)ccc1OCc1ccccc1. The van der Waals surface area contributed by atoms with Crippen molar-refractivity contribution in [3.63, 3.8) is 0 Å². The Bertz CT molecular complexity index is 1520. The molecule has 1 amide bonds. The Labute approximate surface area is 223 Å². The van der Waals surface area contributed by atoms with E-state index in [0.29, 0.717) is 56.8 Å². The number of nitrogens with one attached hydrogen (secondary N) is 1. The van der Waals surface area contributed by atoms with Crippen molar-refractivity contribution in [2.75, 3.05) is 12.4 Å². The lowest BCUT2D eigenvalue weighted by atomic mass is 9.95. The van der Waals surface area contributed by atoms with Gasteiger partial charge in [0.25, 0.3) is 0 Å². The van der Waals surface area contributed by atoms with Gasteiger partial charge in [-0.2, -0.15) is 4.98 Å². The van der Waals surface area contributed by atoms with Crippen LogP contribution in [0, 0.1) is 0 Å². The third-order valence-corrected chi connectivity index (χ3v) is 6.58. The number of allylic oxidation sites excluding steroid dienone is 1. The molecule has 0 bridgehead atoms. The van der Waals surface area contributed by atoms with E-state index in [2.05, 4.69) is 10.3 Å². The van der Waals surface area contributed by atoms with E-state index in [0.717, 1.165) is 11.1 Å². The van der Waals surface area contributed by atoms with Crippen LogP contribution in [-0.2, 0) is 11.4 Å². The molecule has 0 radical (unpaired) electrons. The fourth-order valence-corrected chi connectivity index (χ4v) is 4.77. The van der Waals surface area contributed by atoms with Crippen molar-refractivity contribution in [3.8, 4) is 22.9 Å². The summed E-state index contributed by atoms with van der Waals surface area (Å²) in [6.07, 6.45) is 0. The average Bonchev–Trinajstić information content (AvgIpc) is 3.30. The third-order valence-electron chi connectivity index (χ3n) is 6.03. The number of fused-ring (bicyclic) bond motifs is 1. The molecule has 1 unspecified atom stereocenters. The molecule has 3 aromatic carbocycles. The smallest absolute Gasteiger partial charge is 0.248 e. The molecular weight excluding hydrogens is 513 g/mol. The first-order valence-electron chi connectivity index (χ1n) is 11.4. The van der Waals surface area contributed by atoms with Crippen molar-refractivity contribution >= 4 is 35.1 Å². The molecule has 0 aliphatic carbocycles. The van der Waals surface area contributed by atoms with Gasteiger partial charge in [0.05, 0.1) is 17.7 Å². The van der Waals surface area contributed by atoms with E-state index in [1.807, 2.05) is 42.5 Å². The highest BCUT2D eigenvalue weighted by atomic mass is 35.5. The molecule has 8 nitrogen and oxygen atoms in total. The Hall–Kier alpha value is -4.01. The zero-order chi connectivity index (χ0) is 26.1. The molecule has 4 aromatic rings. The van der Waals surface area contributed by atoms with E-state index >= 15 is 0 Å². The number of nitrogens with zero attached hydrogens (tertiary/aromatic N) is 3. The molecule has 0 saturated carbocycles. The number of methoxy groups -OCH3 is 1. The topological polar surface area (TPSA) is 104 Å². The first kappa shape index (κ1) is 24.7. The van der Waals surface area contributed by atoms with Gasteiger partial charge in [0.2, 0.25) is 11.9 Å². The summed E-state index contributed by atoms with van der Waals surface area (Å²) in [6, 6.07) is 19.7. The minimum atomic E-state index is -0.654. The second-order valence-electron chi connectivity index (χ2n) is 8.44. The number of aromatic nitrogens is 3. The van der Waals surface area contributed by atoms with Crippen LogP contribution in [0.4, 0.5) is 5.95 Å². The second kappa shape index (κ2) is 10.2. The van der Waals surface area contributed by atoms with E-state index in [-0.39, 0.29) is 0 Å².